The number of benzene rings is 3. The largest absolute Gasteiger partial charge is 0.0622 e. The molecule has 1 aliphatic rings. The number of halogens is 2. The third-order valence-electron chi connectivity index (χ3n) is 4.46. The molecule has 0 N–H and O–H groups in total. The van der Waals surface area contributed by atoms with Gasteiger partial charge in [-0.3, -0.25) is 0 Å². The number of hydrogen-bond donors (Lipinski definition) is 0. The van der Waals surface area contributed by atoms with Gasteiger partial charge >= 0.3 is 0 Å². The van der Waals surface area contributed by atoms with E-state index >= 15 is 0 Å². The van der Waals surface area contributed by atoms with Crippen molar-refractivity contribution >= 4 is 31.9 Å². The van der Waals surface area contributed by atoms with Gasteiger partial charge in [-0.1, -0.05) is 74.3 Å². The van der Waals surface area contributed by atoms with E-state index in [1.54, 1.807) is 0 Å². The summed E-state index contributed by atoms with van der Waals surface area (Å²) in [5.41, 5.74) is 6.84. The van der Waals surface area contributed by atoms with Gasteiger partial charge in [0.2, 0.25) is 0 Å². The molecule has 0 unspecified atom stereocenters. The Hall–Kier alpha value is -1.38. The summed E-state index contributed by atoms with van der Waals surface area (Å²) in [6, 6.07) is 23.8. The monoisotopic (exact) mass is 425 g/mol. The average molecular weight is 427 g/mol. The molecule has 0 saturated heterocycles. The molecule has 3 aromatic rings. The predicted octanol–water partition coefficient (Wildman–Crippen LogP) is 6.97. The lowest BCUT2D eigenvalue weighted by atomic mass is 9.90. The molecule has 0 atom stereocenters. The van der Waals surface area contributed by atoms with E-state index in [-0.39, 0.29) is 0 Å². The van der Waals surface area contributed by atoms with Crippen LogP contribution < -0.4 is 0 Å². The second kappa shape index (κ2) is 6.26. The zero-order valence-electron chi connectivity index (χ0n) is 12.5. The molecule has 1 aliphatic carbocycles. The summed E-state index contributed by atoms with van der Waals surface area (Å²) in [6.45, 7) is 0. The molecule has 23 heavy (non-hydrogen) atoms. The molecule has 0 saturated carbocycles. The standard InChI is InChI=1S/C21H15Br2/c22-15-7-10-17-18-11-8-16(23)13-21(18)19(20(17)12-15)9-6-14-4-2-1-3-5-14/h1-8,10-13,19H,9H2. The van der Waals surface area contributed by atoms with Gasteiger partial charge in [0.25, 0.3) is 0 Å². The van der Waals surface area contributed by atoms with Crippen LogP contribution in [0, 0.1) is 6.42 Å². The Morgan fingerprint density at radius 2 is 1.30 bits per heavy atom. The van der Waals surface area contributed by atoms with Crippen molar-refractivity contribution in [3.05, 3.63) is 98.8 Å². The molecular weight excluding hydrogens is 412 g/mol. The molecule has 0 nitrogen and oxygen atoms in total. The Morgan fingerprint density at radius 1 is 0.739 bits per heavy atom. The zero-order chi connectivity index (χ0) is 15.8. The third kappa shape index (κ3) is 2.90. The molecule has 1 radical (unpaired) electrons. The molecule has 0 aromatic heterocycles. The van der Waals surface area contributed by atoms with Gasteiger partial charge in [0, 0.05) is 14.9 Å². The predicted molar refractivity (Wildman–Crippen MR) is 104 cm³/mol. The van der Waals surface area contributed by atoms with E-state index in [9.17, 15) is 0 Å². The van der Waals surface area contributed by atoms with Crippen LogP contribution in [0.25, 0.3) is 11.1 Å². The summed E-state index contributed by atoms with van der Waals surface area (Å²) in [6.07, 6.45) is 3.35. The van der Waals surface area contributed by atoms with Gasteiger partial charge in [0.1, 0.15) is 0 Å². The van der Waals surface area contributed by atoms with Gasteiger partial charge in [0.05, 0.1) is 0 Å². The fraction of sp³-hybridized carbons (Fsp3) is 0.0952. The highest BCUT2D eigenvalue weighted by Gasteiger charge is 2.28. The Morgan fingerprint density at radius 3 is 1.87 bits per heavy atom. The van der Waals surface area contributed by atoms with Crippen LogP contribution >= 0.6 is 31.9 Å². The first kappa shape index (κ1) is 15.2. The van der Waals surface area contributed by atoms with E-state index in [0.29, 0.717) is 5.92 Å². The smallest absolute Gasteiger partial charge is 0.0178 e. The van der Waals surface area contributed by atoms with E-state index in [0.717, 1.165) is 15.4 Å². The zero-order valence-corrected chi connectivity index (χ0v) is 15.6. The van der Waals surface area contributed by atoms with Crippen molar-refractivity contribution in [3.63, 3.8) is 0 Å². The molecule has 0 bridgehead atoms. The third-order valence-corrected chi connectivity index (χ3v) is 5.44. The van der Waals surface area contributed by atoms with Gasteiger partial charge in [-0.2, -0.15) is 0 Å². The van der Waals surface area contributed by atoms with Gasteiger partial charge < -0.3 is 0 Å². The number of fused-ring (bicyclic) bond motifs is 3. The van der Waals surface area contributed by atoms with Crippen molar-refractivity contribution < 1.29 is 0 Å². The lowest BCUT2D eigenvalue weighted by molar-refractivity contribution is 0.820. The van der Waals surface area contributed by atoms with E-state index in [4.69, 9.17) is 0 Å². The van der Waals surface area contributed by atoms with Gasteiger partial charge in [0.15, 0.2) is 0 Å². The van der Waals surface area contributed by atoms with Crippen LogP contribution in [0.4, 0.5) is 0 Å². The molecule has 0 spiro atoms. The minimum absolute atomic E-state index is 0.412. The van der Waals surface area contributed by atoms with E-state index in [1.165, 1.54) is 27.8 Å². The molecule has 4 rings (SSSR count). The van der Waals surface area contributed by atoms with Crippen molar-refractivity contribution in [2.45, 2.75) is 12.3 Å². The fourth-order valence-electron chi connectivity index (χ4n) is 3.40. The second-order valence-corrected chi connectivity index (χ2v) is 7.70. The highest BCUT2D eigenvalue weighted by Crippen LogP contribution is 2.48. The quantitative estimate of drug-likeness (QED) is 0.424. The van der Waals surface area contributed by atoms with Crippen LogP contribution in [0.1, 0.15) is 29.0 Å². The van der Waals surface area contributed by atoms with Gasteiger partial charge in [-0.15, -0.1) is 0 Å². The second-order valence-electron chi connectivity index (χ2n) is 5.87. The van der Waals surface area contributed by atoms with Crippen molar-refractivity contribution in [1.29, 1.82) is 0 Å². The Bertz CT molecular complexity index is 801. The molecule has 0 aliphatic heterocycles. The highest BCUT2D eigenvalue weighted by atomic mass is 79.9. The van der Waals surface area contributed by atoms with Crippen LogP contribution in [0.3, 0.4) is 0 Å². The van der Waals surface area contributed by atoms with Crippen LogP contribution in [0.15, 0.2) is 75.7 Å². The first-order chi connectivity index (χ1) is 11.2. The average Bonchev–Trinajstić information content (AvgIpc) is 2.86. The Labute approximate surface area is 153 Å². The maximum Gasteiger partial charge on any atom is 0.0178 e. The molecule has 0 heterocycles. The normalized spacial score (nSPS) is 13.0. The van der Waals surface area contributed by atoms with Crippen molar-refractivity contribution in [2.24, 2.45) is 0 Å². The summed E-state index contributed by atoms with van der Waals surface area (Å²) in [4.78, 5) is 0. The highest BCUT2D eigenvalue weighted by molar-refractivity contribution is 9.10. The number of hydrogen-bond acceptors (Lipinski definition) is 0. The van der Waals surface area contributed by atoms with Crippen LogP contribution in [0.2, 0.25) is 0 Å². The summed E-state index contributed by atoms with van der Waals surface area (Å²) in [7, 11) is 0. The molecule has 3 aromatic carbocycles. The molecule has 2 heteroatoms. The van der Waals surface area contributed by atoms with Gasteiger partial charge in [-0.05, 0) is 64.9 Å². The minimum atomic E-state index is 0.412. The van der Waals surface area contributed by atoms with E-state index < -0.39 is 0 Å². The fourth-order valence-corrected chi connectivity index (χ4v) is 4.16. The van der Waals surface area contributed by atoms with Crippen LogP contribution in [0.5, 0.6) is 0 Å². The summed E-state index contributed by atoms with van der Waals surface area (Å²) < 4.78 is 2.29. The minimum Gasteiger partial charge on any atom is -0.0622 e. The summed E-state index contributed by atoms with van der Waals surface area (Å²) >= 11 is 7.26. The SMILES string of the molecule is Brc1ccc2c(c1)C(C[CH]c1ccccc1)c1cc(Br)ccc1-2. The first-order valence-corrected chi connectivity index (χ1v) is 9.28. The first-order valence-electron chi connectivity index (χ1n) is 7.70. The Balaban J connectivity index is 1.73. The molecule has 113 valence electrons. The van der Waals surface area contributed by atoms with Crippen molar-refractivity contribution in [3.8, 4) is 11.1 Å². The van der Waals surface area contributed by atoms with E-state index in [1.807, 2.05) is 0 Å². The lowest BCUT2D eigenvalue weighted by Crippen LogP contribution is -1.98. The van der Waals surface area contributed by atoms with Crippen molar-refractivity contribution in [1.82, 2.24) is 0 Å². The van der Waals surface area contributed by atoms with Gasteiger partial charge in [-0.25, -0.2) is 0 Å². The topological polar surface area (TPSA) is 0 Å². The lowest BCUT2D eigenvalue weighted by Gasteiger charge is -2.14. The number of rotatable bonds is 3. The van der Waals surface area contributed by atoms with Crippen molar-refractivity contribution in [2.75, 3.05) is 0 Å². The van der Waals surface area contributed by atoms with Crippen LogP contribution in [-0.2, 0) is 0 Å². The Kier molecular flexibility index (Phi) is 4.13. The maximum atomic E-state index is 3.63. The van der Waals surface area contributed by atoms with E-state index in [2.05, 4.69) is 105 Å². The van der Waals surface area contributed by atoms with Crippen LogP contribution in [-0.4, -0.2) is 0 Å². The molecular formula is C21H15Br2. The maximum absolute atomic E-state index is 3.63. The molecule has 0 amide bonds. The summed E-state index contributed by atoms with van der Waals surface area (Å²) in [5, 5.41) is 0. The molecule has 0 fully saturated rings. The summed E-state index contributed by atoms with van der Waals surface area (Å²) in [5.74, 6) is 0.412.